The summed E-state index contributed by atoms with van der Waals surface area (Å²) < 4.78 is 23.9. The van der Waals surface area contributed by atoms with Crippen molar-refractivity contribution < 1.29 is 8.42 Å². The van der Waals surface area contributed by atoms with Crippen LogP contribution in [0.15, 0.2) is 51.8 Å². The Kier molecular flexibility index (Phi) is 4.55. The van der Waals surface area contributed by atoms with Crippen molar-refractivity contribution in [3.05, 3.63) is 52.5 Å². The van der Waals surface area contributed by atoms with Gasteiger partial charge in [0.25, 0.3) is 0 Å². The molecule has 0 spiro atoms. The summed E-state index contributed by atoms with van der Waals surface area (Å²) in [5, 5.41) is 5.16. The zero-order valence-corrected chi connectivity index (χ0v) is 13.9. The molecule has 2 aromatic carbocycles. The van der Waals surface area contributed by atoms with Crippen LogP contribution >= 0.6 is 15.9 Å². The zero-order valence-electron chi connectivity index (χ0n) is 11.5. The Labute approximate surface area is 132 Å². The van der Waals surface area contributed by atoms with E-state index in [2.05, 4.69) is 15.9 Å². The van der Waals surface area contributed by atoms with Crippen LogP contribution in [0.2, 0.25) is 0 Å². The fourth-order valence-electron chi connectivity index (χ4n) is 2.03. The van der Waals surface area contributed by atoms with E-state index < -0.39 is 10.0 Å². The van der Waals surface area contributed by atoms with Gasteiger partial charge in [-0.3, -0.25) is 0 Å². The van der Waals surface area contributed by atoms with Crippen LogP contribution in [-0.4, -0.2) is 15.5 Å². The molecule has 0 aliphatic heterocycles. The number of primary sulfonamides is 1. The molecule has 0 saturated heterocycles. The molecule has 0 atom stereocenters. The normalized spacial score (nSPS) is 11.4. The van der Waals surface area contributed by atoms with E-state index >= 15 is 0 Å². The van der Waals surface area contributed by atoms with Crippen molar-refractivity contribution in [1.29, 1.82) is 0 Å². The number of nitrogen functional groups attached to an aromatic ring is 1. The van der Waals surface area contributed by atoms with Gasteiger partial charge in [-0.05, 0) is 35.9 Å². The molecule has 5 nitrogen and oxygen atoms in total. The number of hydrogen-bond acceptors (Lipinski definition) is 4. The lowest BCUT2D eigenvalue weighted by Gasteiger charge is -2.22. The second-order valence-electron chi connectivity index (χ2n) is 4.75. The van der Waals surface area contributed by atoms with Gasteiger partial charge in [0.15, 0.2) is 0 Å². The van der Waals surface area contributed by atoms with E-state index in [1.54, 1.807) is 6.07 Å². The third kappa shape index (κ3) is 3.96. The first kappa shape index (κ1) is 15.8. The van der Waals surface area contributed by atoms with E-state index in [1.165, 1.54) is 12.1 Å². The zero-order chi connectivity index (χ0) is 15.6. The number of rotatable bonds is 4. The smallest absolute Gasteiger partial charge is 0.238 e. The van der Waals surface area contributed by atoms with Crippen molar-refractivity contribution >= 4 is 37.3 Å². The van der Waals surface area contributed by atoms with Gasteiger partial charge in [-0.2, -0.15) is 0 Å². The van der Waals surface area contributed by atoms with Crippen LogP contribution in [0.25, 0.3) is 0 Å². The number of benzene rings is 2. The predicted octanol–water partition coefficient (Wildman–Crippen LogP) is 2.32. The van der Waals surface area contributed by atoms with Gasteiger partial charge >= 0.3 is 0 Å². The molecular weight excluding hydrogens is 354 g/mol. The van der Waals surface area contributed by atoms with E-state index in [0.717, 1.165) is 10.0 Å². The minimum absolute atomic E-state index is 0.0489. The maximum Gasteiger partial charge on any atom is 0.238 e. The molecule has 0 aliphatic rings. The molecule has 0 saturated carbocycles. The van der Waals surface area contributed by atoms with Crippen LogP contribution < -0.4 is 15.8 Å². The molecule has 0 aromatic heterocycles. The first-order valence-corrected chi connectivity index (χ1v) is 8.49. The number of halogens is 1. The summed E-state index contributed by atoms with van der Waals surface area (Å²) in [5.41, 5.74) is 8.13. The fourth-order valence-corrected chi connectivity index (χ4v) is 3.01. The molecule has 4 N–H and O–H groups in total. The lowest BCUT2D eigenvalue weighted by molar-refractivity contribution is 0.598. The van der Waals surface area contributed by atoms with Gasteiger partial charge in [-0.25, -0.2) is 13.6 Å². The van der Waals surface area contributed by atoms with Crippen LogP contribution in [0.4, 0.5) is 11.4 Å². The maximum absolute atomic E-state index is 11.4. The topological polar surface area (TPSA) is 89.4 Å². The van der Waals surface area contributed by atoms with Crippen molar-refractivity contribution in [2.75, 3.05) is 17.7 Å². The Morgan fingerprint density at radius 2 is 1.90 bits per heavy atom. The van der Waals surface area contributed by atoms with Crippen LogP contribution in [0.3, 0.4) is 0 Å². The fraction of sp³-hybridized carbons (Fsp3) is 0.143. The van der Waals surface area contributed by atoms with Gasteiger partial charge in [0, 0.05) is 18.1 Å². The van der Waals surface area contributed by atoms with Gasteiger partial charge in [0.05, 0.1) is 16.3 Å². The summed E-state index contributed by atoms with van der Waals surface area (Å²) in [5.74, 6) is 0. The molecule has 0 unspecified atom stereocenters. The third-order valence-electron chi connectivity index (χ3n) is 3.05. The summed E-state index contributed by atoms with van der Waals surface area (Å²) in [4.78, 5) is 1.93. The number of nitrogens with zero attached hydrogens (tertiary/aromatic N) is 1. The number of nitrogens with two attached hydrogens (primary N) is 2. The number of hydrogen-bond donors (Lipinski definition) is 2. The number of anilines is 2. The number of sulfonamides is 1. The molecular formula is C14H16BrN3O2S. The molecule has 0 aliphatic carbocycles. The molecule has 7 heteroatoms. The molecule has 21 heavy (non-hydrogen) atoms. The van der Waals surface area contributed by atoms with E-state index in [0.29, 0.717) is 17.9 Å². The second kappa shape index (κ2) is 6.05. The third-order valence-corrected chi connectivity index (χ3v) is 4.45. The van der Waals surface area contributed by atoms with Gasteiger partial charge < -0.3 is 10.6 Å². The van der Waals surface area contributed by atoms with Crippen molar-refractivity contribution in [3.63, 3.8) is 0 Å². The predicted molar refractivity (Wildman–Crippen MR) is 88.5 cm³/mol. The van der Waals surface area contributed by atoms with Crippen molar-refractivity contribution in [3.8, 4) is 0 Å². The summed E-state index contributed by atoms with van der Waals surface area (Å²) >= 11 is 3.42. The van der Waals surface area contributed by atoms with Crippen LogP contribution in [0, 0.1) is 0 Å². The Bertz CT molecular complexity index is 763. The largest absolute Gasteiger partial charge is 0.397 e. The Morgan fingerprint density at radius 1 is 1.19 bits per heavy atom. The standard InChI is InChI=1S/C14H16BrN3O2S/c1-18(9-10-3-2-4-11(15)7-10)14-8-12(21(17,19)20)5-6-13(14)16/h2-8H,9,16H2,1H3,(H2,17,19,20). The van der Waals surface area contributed by atoms with E-state index in [1.807, 2.05) is 36.2 Å². The maximum atomic E-state index is 11.4. The highest BCUT2D eigenvalue weighted by Gasteiger charge is 2.13. The molecule has 2 aromatic rings. The first-order chi connectivity index (χ1) is 9.77. The summed E-state index contributed by atoms with van der Waals surface area (Å²) in [6.45, 7) is 0.595. The van der Waals surface area contributed by atoms with Crippen molar-refractivity contribution in [2.24, 2.45) is 5.14 Å². The highest BCUT2D eigenvalue weighted by molar-refractivity contribution is 9.10. The highest BCUT2D eigenvalue weighted by Crippen LogP contribution is 2.27. The van der Waals surface area contributed by atoms with Crippen LogP contribution in [0.5, 0.6) is 0 Å². The Morgan fingerprint density at radius 3 is 2.52 bits per heavy atom. The first-order valence-electron chi connectivity index (χ1n) is 6.15. The average Bonchev–Trinajstić information content (AvgIpc) is 2.37. The van der Waals surface area contributed by atoms with Crippen molar-refractivity contribution in [2.45, 2.75) is 11.4 Å². The molecule has 0 fully saturated rings. The lowest BCUT2D eigenvalue weighted by Crippen LogP contribution is -2.19. The van der Waals surface area contributed by atoms with Crippen LogP contribution in [0.1, 0.15) is 5.56 Å². The summed E-state index contributed by atoms with van der Waals surface area (Å²) in [6.07, 6.45) is 0. The highest BCUT2D eigenvalue weighted by atomic mass is 79.9. The molecule has 0 amide bonds. The molecule has 0 bridgehead atoms. The summed E-state index contributed by atoms with van der Waals surface area (Å²) in [6, 6.07) is 12.3. The Balaban J connectivity index is 2.32. The Hall–Kier alpha value is -1.57. The van der Waals surface area contributed by atoms with Gasteiger partial charge in [0.1, 0.15) is 0 Å². The lowest BCUT2D eigenvalue weighted by atomic mass is 10.2. The second-order valence-corrected chi connectivity index (χ2v) is 7.23. The van der Waals surface area contributed by atoms with Gasteiger partial charge in [-0.1, -0.05) is 28.1 Å². The van der Waals surface area contributed by atoms with E-state index in [4.69, 9.17) is 10.9 Å². The quantitative estimate of drug-likeness (QED) is 0.809. The van der Waals surface area contributed by atoms with Gasteiger partial charge in [0.2, 0.25) is 10.0 Å². The SMILES string of the molecule is CN(Cc1cccc(Br)c1)c1cc(S(N)(=O)=O)ccc1N. The minimum Gasteiger partial charge on any atom is -0.397 e. The summed E-state index contributed by atoms with van der Waals surface area (Å²) in [7, 11) is -1.90. The van der Waals surface area contributed by atoms with E-state index in [-0.39, 0.29) is 4.90 Å². The van der Waals surface area contributed by atoms with E-state index in [9.17, 15) is 8.42 Å². The molecule has 0 heterocycles. The van der Waals surface area contributed by atoms with Crippen molar-refractivity contribution in [1.82, 2.24) is 0 Å². The average molecular weight is 370 g/mol. The van der Waals surface area contributed by atoms with Crippen LogP contribution in [-0.2, 0) is 16.6 Å². The van der Waals surface area contributed by atoms with Gasteiger partial charge in [-0.15, -0.1) is 0 Å². The monoisotopic (exact) mass is 369 g/mol. The minimum atomic E-state index is -3.74. The molecule has 2 rings (SSSR count). The molecule has 112 valence electrons. The molecule has 0 radical (unpaired) electrons.